The second kappa shape index (κ2) is 5.88. The van der Waals surface area contributed by atoms with Gasteiger partial charge in [0.05, 0.1) is 0 Å². The summed E-state index contributed by atoms with van der Waals surface area (Å²) in [5.41, 5.74) is 9.36. The molecule has 0 unspecified atom stereocenters. The van der Waals surface area contributed by atoms with Gasteiger partial charge >= 0.3 is 0 Å². The number of benzene rings is 1. The second-order valence-corrected chi connectivity index (χ2v) is 6.02. The van der Waals surface area contributed by atoms with Crippen molar-refractivity contribution < 1.29 is 0 Å². The Morgan fingerprint density at radius 2 is 2.05 bits per heavy atom. The lowest BCUT2D eigenvalue weighted by atomic mass is 10.1. The molecule has 0 radical (unpaired) electrons. The minimum absolute atomic E-state index is 0.538. The molecule has 0 aliphatic rings. The molecule has 3 nitrogen and oxygen atoms in total. The molecule has 0 aliphatic carbocycles. The minimum atomic E-state index is 0.538. The van der Waals surface area contributed by atoms with Crippen LogP contribution in [0, 0.1) is 12.8 Å². The normalized spacial score (nSPS) is 11.3. The summed E-state index contributed by atoms with van der Waals surface area (Å²) in [6.07, 6.45) is 0.879. The molecule has 0 aliphatic heterocycles. The SMILES string of the molecule is CCc1nc(-c2ccc(Cl)cc2C)c(N)n1CC(C)C. The van der Waals surface area contributed by atoms with Gasteiger partial charge in [0.25, 0.3) is 0 Å². The van der Waals surface area contributed by atoms with Crippen LogP contribution in [0.3, 0.4) is 0 Å². The maximum Gasteiger partial charge on any atom is 0.131 e. The Labute approximate surface area is 125 Å². The molecule has 0 spiro atoms. The first-order valence-corrected chi connectivity index (χ1v) is 7.43. The van der Waals surface area contributed by atoms with Crippen molar-refractivity contribution >= 4 is 17.4 Å². The van der Waals surface area contributed by atoms with Crippen LogP contribution in [0.25, 0.3) is 11.3 Å². The highest BCUT2D eigenvalue weighted by Gasteiger charge is 2.17. The minimum Gasteiger partial charge on any atom is -0.383 e. The van der Waals surface area contributed by atoms with Crippen molar-refractivity contribution in [3.63, 3.8) is 0 Å². The summed E-state index contributed by atoms with van der Waals surface area (Å²) in [4.78, 5) is 4.74. The third-order valence-electron chi connectivity index (χ3n) is 3.39. The lowest BCUT2D eigenvalue weighted by Crippen LogP contribution is -2.11. The van der Waals surface area contributed by atoms with E-state index >= 15 is 0 Å². The number of nitrogens with two attached hydrogens (primary N) is 1. The van der Waals surface area contributed by atoms with Gasteiger partial charge in [0.1, 0.15) is 17.3 Å². The lowest BCUT2D eigenvalue weighted by molar-refractivity contribution is 0.513. The van der Waals surface area contributed by atoms with E-state index in [9.17, 15) is 0 Å². The molecule has 1 aromatic carbocycles. The van der Waals surface area contributed by atoms with E-state index in [4.69, 9.17) is 22.3 Å². The molecule has 0 saturated carbocycles. The van der Waals surface area contributed by atoms with Crippen LogP contribution in [0.5, 0.6) is 0 Å². The van der Waals surface area contributed by atoms with Gasteiger partial charge in [0.2, 0.25) is 0 Å². The Morgan fingerprint density at radius 1 is 1.35 bits per heavy atom. The molecule has 0 saturated heterocycles. The van der Waals surface area contributed by atoms with Crippen molar-refractivity contribution in [2.45, 2.75) is 40.7 Å². The van der Waals surface area contributed by atoms with Crippen LogP contribution in [-0.2, 0) is 13.0 Å². The molecule has 2 rings (SSSR count). The highest BCUT2D eigenvalue weighted by atomic mass is 35.5. The third kappa shape index (κ3) is 2.83. The quantitative estimate of drug-likeness (QED) is 0.912. The Balaban J connectivity index is 2.54. The van der Waals surface area contributed by atoms with Crippen LogP contribution in [0.4, 0.5) is 5.82 Å². The highest BCUT2D eigenvalue weighted by Crippen LogP contribution is 2.31. The molecule has 0 bridgehead atoms. The zero-order valence-electron chi connectivity index (χ0n) is 12.6. The standard InChI is InChI=1S/C16H22ClN3/c1-5-14-19-15(16(18)20(14)9-10(2)3)13-7-6-12(17)8-11(13)4/h6-8,10H,5,9,18H2,1-4H3. The summed E-state index contributed by atoms with van der Waals surface area (Å²) >= 11 is 6.02. The number of halogens is 1. The van der Waals surface area contributed by atoms with Crippen LogP contribution < -0.4 is 5.73 Å². The van der Waals surface area contributed by atoms with E-state index in [1.807, 2.05) is 25.1 Å². The van der Waals surface area contributed by atoms with Gasteiger partial charge in [-0.05, 0) is 30.5 Å². The number of nitrogen functional groups attached to an aromatic ring is 1. The van der Waals surface area contributed by atoms with E-state index < -0.39 is 0 Å². The van der Waals surface area contributed by atoms with Gasteiger partial charge in [-0.1, -0.05) is 38.4 Å². The summed E-state index contributed by atoms with van der Waals surface area (Å²) in [6, 6.07) is 5.83. The van der Waals surface area contributed by atoms with E-state index in [1.54, 1.807) is 0 Å². The number of rotatable bonds is 4. The molecule has 1 aromatic heterocycles. The van der Waals surface area contributed by atoms with Crippen molar-refractivity contribution in [3.8, 4) is 11.3 Å². The molecule has 4 heteroatoms. The smallest absolute Gasteiger partial charge is 0.131 e. The number of hydrogen-bond donors (Lipinski definition) is 1. The third-order valence-corrected chi connectivity index (χ3v) is 3.63. The average molecular weight is 292 g/mol. The molecular weight excluding hydrogens is 270 g/mol. The zero-order valence-corrected chi connectivity index (χ0v) is 13.3. The summed E-state index contributed by atoms with van der Waals surface area (Å²) in [7, 11) is 0. The summed E-state index contributed by atoms with van der Waals surface area (Å²) < 4.78 is 2.13. The van der Waals surface area contributed by atoms with Crippen LogP contribution in [0.1, 0.15) is 32.2 Å². The molecule has 1 heterocycles. The summed E-state index contributed by atoms with van der Waals surface area (Å²) in [5, 5.41) is 0.738. The van der Waals surface area contributed by atoms with Gasteiger partial charge in [-0.3, -0.25) is 0 Å². The summed E-state index contributed by atoms with van der Waals surface area (Å²) in [5.74, 6) is 2.33. The topological polar surface area (TPSA) is 43.8 Å². The number of aromatic nitrogens is 2. The van der Waals surface area contributed by atoms with Gasteiger partial charge in [0, 0.05) is 23.6 Å². The van der Waals surface area contributed by atoms with Crippen LogP contribution in [-0.4, -0.2) is 9.55 Å². The van der Waals surface area contributed by atoms with Crippen molar-refractivity contribution in [3.05, 3.63) is 34.6 Å². The van der Waals surface area contributed by atoms with E-state index in [0.717, 1.165) is 46.5 Å². The van der Waals surface area contributed by atoms with E-state index in [-0.39, 0.29) is 0 Å². The van der Waals surface area contributed by atoms with E-state index in [0.29, 0.717) is 5.92 Å². The predicted molar refractivity (Wildman–Crippen MR) is 86.0 cm³/mol. The Kier molecular flexibility index (Phi) is 4.39. The van der Waals surface area contributed by atoms with Crippen LogP contribution in [0.2, 0.25) is 5.02 Å². The number of anilines is 1. The first-order valence-electron chi connectivity index (χ1n) is 7.05. The van der Waals surface area contributed by atoms with Gasteiger partial charge in [-0.25, -0.2) is 4.98 Å². The lowest BCUT2D eigenvalue weighted by Gasteiger charge is -2.11. The van der Waals surface area contributed by atoms with Crippen LogP contribution in [0.15, 0.2) is 18.2 Å². The fraction of sp³-hybridized carbons (Fsp3) is 0.438. The molecule has 2 aromatic rings. The molecule has 0 fully saturated rings. The van der Waals surface area contributed by atoms with Crippen molar-refractivity contribution in [1.82, 2.24) is 9.55 Å². The zero-order chi connectivity index (χ0) is 14.9. The first kappa shape index (κ1) is 14.9. The monoisotopic (exact) mass is 291 g/mol. The Morgan fingerprint density at radius 3 is 2.60 bits per heavy atom. The van der Waals surface area contributed by atoms with E-state index in [1.165, 1.54) is 0 Å². The number of hydrogen-bond acceptors (Lipinski definition) is 2. The average Bonchev–Trinajstić information content (AvgIpc) is 2.67. The van der Waals surface area contributed by atoms with Crippen molar-refractivity contribution in [1.29, 1.82) is 0 Å². The Hall–Kier alpha value is -1.48. The molecule has 0 amide bonds. The van der Waals surface area contributed by atoms with Crippen LogP contribution >= 0.6 is 11.6 Å². The fourth-order valence-electron chi connectivity index (χ4n) is 2.44. The fourth-order valence-corrected chi connectivity index (χ4v) is 2.67. The molecular formula is C16H22ClN3. The van der Waals surface area contributed by atoms with Crippen molar-refractivity contribution in [2.75, 3.05) is 5.73 Å². The second-order valence-electron chi connectivity index (χ2n) is 5.58. The largest absolute Gasteiger partial charge is 0.383 e. The van der Waals surface area contributed by atoms with Gasteiger partial charge < -0.3 is 10.3 Å². The molecule has 20 heavy (non-hydrogen) atoms. The van der Waals surface area contributed by atoms with Crippen molar-refractivity contribution in [2.24, 2.45) is 5.92 Å². The van der Waals surface area contributed by atoms with E-state index in [2.05, 4.69) is 25.3 Å². The summed E-state index contributed by atoms with van der Waals surface area (Å²) in [6.45, 7) is 9.41. The first-order chi connectivity index (χ1) is 9.43. The Bertz CT molecular complexity index is 614. The van der Waals surface area contributed by atoms with Gasteiger partial charge in [-0.2, -0.15) is 0 Å². The number of nitrogens with zero attached hydrogens (tertiary/aromatic N) is 2. The maximum absolute atomic E-state index is 6.33. The maximum atomic E-state index is 6.33. The number of aryl methyl sites for hydroxylation is 2. The molecule has 0 atom stereocenters. The predicted octanol–water partition coefficient (Wildman–Crippen LogP) is 4.31. The molecule has 2 N–H and O–H groups in total. The van der Waals surface area contributed by atoms with Gasteiger partial charge in [-0.15, -0.1) is 0 Å². The highest BCUT2D eigenvalue weighted by molar-refractivity contribution is 6.30. The molecule has 108 valence electrons. The number of imidazole rings is 1. The van der Waals surface area contributed by atoms with Gasteiger partial charge in [0.15, 0.2) is 0 Å².